The van der Waals surface area contributed by atoms with E-state index in [0.717, 1.165) is 5.56 Å². The third-order valence-electron chi connectivity index (χ3n) is 3.15. The molecule has 0 radical (unpaired) electrons. The van der Waals surface area contributed by atoms with Crippen LogP contribution in [0.15, 0.2) is 29.8 Å². The maximum Gasteiger partial charge on any atom is 0.269 e. The number of nitrogens with one attached hydrogen (secondary N) is 1. The molecule has 2 rings (SSSR count). The number of thiazole rings is 1. The van der Waals surface area contributed by atoms with Gasteiger partial charge in [0, 0.05) is 12.1 Å². The number of aromatic nitrogens is 1. The summed E-state index contributed by atoms with van der Waals surface area (Å²) in [5.41, 5.74) is 3.06. The molecule has 1 aromatic heterocycles. The SMILES string of the molecule is CCC(NC(=O)c1scnc1C)c1cccc([N+](=O)[O-])c1. The van der Waals surface area contributed by atoms with Crippen LogP contribution in [0.5, 0.6) is 0 Å². The highest BCUT2D eigenvalue weighted by Crippen LogP contribution is 2.23. The lowest BCUT2D eigenvalue weighted by molar-refractivity contribution is -0.384. The summed E-state index contributed by atoms with van der Waals surface area (Å²) in [5, 5.41) is 13.7. The average Bonchev–Trinajstić information content (AvgIpc) is 2.91. The summed E-state index contributed by atoms with van der Waals surface area (Å²) in [6, 6.07) is 6.07. The van der Waals surface area contributed by atoms with E-state index in [-0.39, 0.29) is 17.6 Å². The summed E-state index contributed by atoms with van der Waals surface area (Å²) in [6.45, 7) is 3.70. The van der Waals surface area contributed by atoms with Crippen molar-refractivity contribution >= 4 is 22.9 Å². The van der Waals surface area contributed by atoms with Crippen LogP contribution in [0.3, 0.4) is 0 Å². The van der Waals surface area contributed by atoms with Crippen LogP contribution in [0, 0.1) is 17.0 Å². The van der Waals surface area contributed by atoms with Crippen molar-refractivity contribution in [1.82, 2.24) is 10.3 Å². The average molecular weight is 305 g/mol. The summed E-state index contributed by atoms with van der Waals surface area (Å²) < 4.78 is 0. The number of aryl methyl sites for hydroxylation is 1. The predicted molar refractivity (Wildman–Crippen MR) is 80.4 cm³/mol. The fourth-order valence-electron chi connectivity index (χ4n) is 2.02. The van der Waals surface area contributed by atoms with Crippen molar-refractivity contribution in [3.05, 3.63) is 56.0 Å². The van der Waals surface area contributed by atoms with Crippen LogP contribution in [0.25, 0.3) is 0 Å². The molecule has 0 bridgehead atoms. The highest BCUT2D eigenvalue weighted by molar-refractivity contribution is 7.11. The Bertz CT molecular complexity index is 669. The van der Waals surface area contributed by atoms with E-state index in [1.165, 1.54) is 23.5 Å². The second-order valence-electron chi connectivity index (χ2n) is 4.55. The Kier molecular flexibility index (Phi) is 4.64. The summed E-state index contributed by atoms with van der Waals surface area (Å²) in [5.74, 6) is -0.201. The number of nitro groups is 1. The van der Waals surface area contributed by atoms with Gasteiger partial charge in [0.05, 0.1) is 22.2 Å². The first kappa shape index (κ1) is 15.1. The van der Waals surface area contributed by atoms with Crippen LogP contribution in [-0.4, -0.2) is 15.8 Å². The van der Waals surface area contributed by atoms with E-state index in [2.05, 4.69) is 10.3 Å². The molecule has 0 aliphatic heterocycles. The zero-order valence-electron chi connectivity index (χ0n) is 11.7. The molecule has 1 N–H and O–H groups in total. The fraction of sp³-hybridized carbons (Fsp3) is 0.286. The number of amides is 1. The van der Waals surface area contributed by atoms with Crippen molar-refractivity contribution in [2.45, 2.75) is 26.3 Å². The Morgan fingerprint density at radius 2 is 2.29 bits per heavy atom. The van der Waals surface area contributed by atoms with E-state index < -0.39 is 4.92 Å². The van der Waals surface area contributed by atoms with Crippen molar-refractivity contribution in [3.63, 3.8) is 0 Å². The Morgan fingerprint density at radius 3 is 2.86 bits per heavy atom. The molecule has 0 aliphatic rings. The number of carbonyl (C=O) groups excluding carboxylic acids is 1. The first-order valence-corrected chi connectivity index (χ1v) is 7.36. The van der Waals surface area contributed by atoms with E-state index in [1.807, 2.05) is 6.92 Å². The molecule has 2 aromatic rings. The highest BCUT2D eigenvalue weighted by atomic mass is 32.1. The van der Waals surface area contributed by atoms with E-state index in [0.29, 0.717) is 17.0 Å². The number of nitrogens with zero attached hydrogens (tertiary/aromatic N) is 2. The van der Waals surface area contributed by atoms with Crippen LogP contribution in [0.1, 0.15) is 40.3 Å². The van der Waals surface area contributed by atoms with E-state index in [9.17, 15) is 14.9 Å². The van der Waals surface area contributed by atoms with Crippen LogP contribution < -0.4 is 5.32 Å². The molecule has 21 heavy (non-hydrogen) atoms. The molecule has 7 heteroatoms. The van der Waals surface area contributed by atoms with Crippen LogP contribution in [-0.2, 0) is 0 Å². The Balaban J connectivity index is 2.20. The van der Waals surface area contributed by atoms with Gasteiger partial charge in [-0.1, -0.05) is 19.1 Å². The standard InChI is InChI=1S/C14H15N3O3S/c1-3-12(10-5-4-6-11(7-10)17(19)20)16-14(18)13-9(2)15-8-21-13/h4-8,12H,3H2,1-2H3,(H,16,18). The minimum atomic E-state index is -0.439. The van der Waals surface area contributed by atoms with Gasteiger partial charge in [0.15, 0.2) is 0 Å². The molecule has 1 heterocycles. The second kappa shape index (κ2) is 6.45. The molecule has 6 nitrogen and oxygen atoms in total. The Labute approximate surface area is 126 Å². The van der Waals surface area contributed by atoms with E-state index in [4.69, 9.17) is 0 Å². The van der Waals surface area contributed by atoms with Gasteiger partial charge in [0.2, 0.25) is 0 Å². The number of hydrogen-bond acceptors (Lipinski definition) is 5. The minimum Gasteiger partial charge on any atom is -0.344 e. The third kappa shape index (κ3) is 3.43. The van der Waals surface area contributed by atoms with Crippen molar-refractivity contribution in [2.24, 2.45) is 0 Å². The molecule has 0 saturated heterocycles. The second-order valence-corrected chi connectivity index (χ2v) is 5.41. The Hall–Kier alpha value is -2.28. The summed E-state index contributed by atoms with van der Waals surface area (Å²) in [6.07, 6.45) is 0.644. The maximum atomic E-state index is 12.2. The normalized spacial score (nSPS) is 11.9. The number of non-ortho nitro benzene ring substituents is 1. The van der Waals surface area contributed by atoms with Crippen molar-refractivity contribution in [1.29, 1.82) is 0 Å². The maximum absolute atomic E-state index is 12.2. The van der Waals surface area contributed by atoms with Gasteiger partial charge in [-0.25, -0.2) is 4.98 Å². The van der Waals surface area contributed by atoms with Gasteiger partial charge in [-0.15, -0.1) is 11.3 Å². The fourth-order valence-corrected chi connectivity index (χ4v) is 2.73. The van der Waals surface area contributed by atoms with E-state index in [1.54, 1.807) is 24.6 Å². The van der Waals surface area contributed by atoms with E-state index >= 15 is 0 Å². The Morgan fingerprint density at radius 1 is 1.52 bits per heavy atom. The van der Waals surface area contributed by atoms with Gasteiger partial charge in [-0.05, 0) is 18.9 Å². The summed E-state index contributed by atoms with van der Waals surface area (Å²) in [4.78, 5) is 27.2. The number of hydrogen-bond donors (Lipinski definition) is 1. The monoisotopic (exact) mass is 305 g/mol. The van der Waals surface area contributed by atoms with Gasteiger partial charge < -0.3 is 5.32 Å². The first-order valence-electron chi connectivity index (χ1n) is 6.48. The molecule has 1 aromatic carbocycles. The molecule has 0 saturated carbocycles. The van der Waals surface area contributed by atoms with Crippen molar-refractivity contribution in [2.75, 3.05) is 0 Å². The lowest BCUT2D eigenvalue weighted by Crippen LogP contribution is -2.28. The minimum absolute atomic E-state index is 0.0224. The smallest absolute Gasteiger partial charge is 0.269 e. The number of carbonyl (C=O) groups is 1. The first-order chi connectivity index (χ1) is 10.0. The molecule has 1 atom stereocenters. The lowest BCUT2D eigenvalue weighted by Gasteiger charge is -2.17. The molecule has 1 amide bonds. The largest absolute Gasteiger partial charge is 0.344 e. The third-order valence-corrected chi connectivity index (χ3v) is 4.08. The van der Waals surface area contributed by atoms with Gasteiger partial charge >= 0.3 is 0 Å². The van der Waals surface area contributed by atoms with Crippen LogP contribution in [0.2, 0.25) is 0 Å². The van der Waals surface area contributed by atoms with Crippen molar-refractivity contribution in [3.8, 4) is 0 Å². The molecule has 0 aliphatic carbocycles. The molecular formula is C14H15N3O3S. The van der Waals surface area contributed by atoms with Gasteiger partial charge in [0.1, 0.15) is 4.88 Å². The zero-order chi connectivity index (χ0) is 15.4. The molecule has 0 fully saturated rings. The zero-order valence-corrected chi connectivity index (χ0v) is 12.5. The number of benzene rings is 1. The topological polar surface area (TPSA) is 85.1 Å². The van der Waals surface area contributed by atoms with Crippen molar-refractivity contribution < 1.29 is 9.72 Å². The van der Waals surface area contributed by atoms with Gasteiger partial charge in [-0.2, -0.15) is 0 Å². The van der Waals surface area contributed by atoms with Crippen LogP contribution in [0.4, 0.5) is 5.69 Å². The lowest BCUT2D eigenvalue weighted by atomic mass is 10.0. The molecule has 1 unspecified atom stereocenters. The number of nitro benzene ring substituents is 1. The van der Waals surface area contributed by atoms with Gasteiger partial charge in [0.25, 0.3) is 11.6 Å². The molecule has 110 valence electrons. The summed E-state index contributed by atoms with van der Waals surface area (Å²) in [7, 11) is 0. The highest BCUT2D eigenvalue weighted by Gasteiger charge is 2.18. The molecular weight excluding hydrogens is 290 g/mol. The number of rotatable bonds is 5. The van der Waals surface area contributed by atoms with Crippen LogP contribution >= 0.6 is 11.3 Å². The summed E-state index contributed by atoms with van der Waals surface area (Å²) >= 11 is 1.28. The molecule has 0 spiro atoms. The quantitative estimate of drug-likeness (QED) is 0.678. The van der Waals surface area contributed by atoms with Gasteiger partial charge in [-0.3, -0.25) is 14.9 Å². The predicted octanol–water partition coefficient (Wildman–Crippen LogP) is 3.24.